The van der Waals surface area contributed by atoms with Crippen LogP contribution in [0.25, 0.3) is 0 Å². The molecule has 0 aliphatic carbocycles. The van der Waals surface area contributed by atoms with Gasteiger partial charge in [-0.05, 0) is 35.7 Å². The minimum absolute atomic E-state index is 0.0951. The molecule has 2 N–H and O–H groups in total. The van der Waals surface area contributed by atoms with Crippen LogP contribution in [0.3, 0.4) is 0 Å². The molecule has 7 nitrogen and oxygen atoms in total. The van der Waals surface area contributed by atoms with E-state index in [-0.39, 0.29) is 18.0 Å². The molecule has 178 valence electrons. The number of fused-ring (bicyclic) bond motifs is 1. The van der Waals surface area contributed by atoms with Crippen molar-refractivity contribution in [1.29, 1.82) is 0 Å². The number of carbonyl (C=O) groups is 1. The Morgan fingerprint density at radius 1 is 1.03 bits per heavy atom. The Balaban J connectivity index is 1.52. The summed E-state index contributed by atoms with van der Waals surface area (Å²) in [6.07, 6.45) is -0.548. The minimum atomic E-state index is -3.85. The molecule has 8 heteroatoms. The maximum absolute atomic E-state index is 13.2. The third kappa shape index (κ3) is 5.37. The molecule has 0 aromatic heterocycles. The summed E-state index contributed by atoms with van der Waals surface area (Å²) in [7, 11) is -3.85. The van der Waals surface area contributed by atoms with Crippen molar-refractivity contribution in [2.45, 2.75) is 37.1 Å². The Hall–Kier alpha value is -3.04. The van der Waals surface area contributed by atoms with Crippen LogP contribution < -0.4 is 4.72 Å². The van der Waals surface area contributed by atoms with Crippen molar-refractivity contribution in [3.8, 4) is 0 Å². The molecular weight excluding hydrogens is 452 g/mol. The van der Waals surface area contributed by atoms with Gasteiger partial charge in [0.1, 0.15) is 6.10 Å². The lowest BCUT2D eigenvalue weighted by atomic mass is 9.91. The molecule has 1 aliphatic heterocycles. The third-order valence-electron chi connectivity index (χ3n) is 5.98. The molecule has 3 aromatic rings. The van der Waals surface area contributed by atoms with Crippen LogP contribution in [-0.4, -0.2) is 43.5 Å². The van der Waals surface area contributed by atoms with E-state index in [0.29, 0.717) is 6.61 Å². The summed E-state index contributed by atoms with van der Waals surface area (Å²) < 4.78 is 33.9. The number of amides is 1. The minimum Gasteiger partial charge on any atom is -0.394 e. The molecule has 1 heterocycles. The fraction of sp³-hybridized carbons (Fsp3) is 0.269. The van der Waals surface area contributed by atoms with Crippen LogP contribution in [0.1, 0.15) is 28.4 Å². The van der Waals surface area contributed by atoms with E-state index in [4.69, 9.17) is 4.74 Å². The first-order valence-corrected chi connectivity index (χ1v) is 12.6. The van der Waals surface area contributed by atoms with E-state index < -0.39 is 34.6 Å². The number of rotatable bonds is 8. The zero-order chi connectivity index (χ0) is 24.1. The number of hydrogen-bond acceptors (Lipinski definition) is 5. The average Bonchev–Trinajstić information content (AvgIpc) is 2.86. The van der Waals surface area contributed by atoms with E-state index in [9.17, 15) is 18.3 Å². The first-order valence-electron chi connectivity index (χ1n) is 11.1. The second-order valence-corrected chi connectivity index (χ2v) is 10.1. The molecule has 2 atom stereocenters. The first-order chi connectivity index (χ1) is 16.4. The smallest absolute Gasteiger partial charge is 0.241 e. The molecule has 34 heavy (non-hydrogen) atoms. The summed E-state index contributed by atoms with van der Waals surface area (Å²) in [6.45, 7) is 1.72. The van der Waals surface area contributed by atoms with Gasteiger partial charge in [0.2, 0.25) is 15.9 Å². The fourth-order valence-electron chi connectivity index (χ4n) is 4.11. The highest BCUT2D eigenvalue weighted by molar-refractivity contribution is 7.89. The number of hydrogen-bond donors (Lipinski definition) is 2. The number of nitrogens with zero attached hydrogens (tertiary/aromatic N) is 1. The Kier molecular flexibility index (Phi) is 7.43. The van der Waals surface area contributed by atoms with Crippen LogP contribution in [0.15, 0.2) is 83.8 Å². The van der Waals surface area contributed by atoms with Gasteiger partial charge in [-0.25, -0.2) is 13.1 Å². The van der Waals surface area contributed by atoms with E-state index in [1.807, 2.05) is 61.5 Å². The van der Waals surface area contributed by atoms with Gasteiger partial charge < -0.3 is 14.7 Å². The predicted octanol–water partition coefficient (Wildman–Crippen LogP) is 2.93. The van der Waals surface area contributed by atoms with Gasteiger partial charge >= 0.3 is 0 Å². The second-order valence-electron chi connectivity index (χ2n) is 8.33. The Bertz CT molecular complexity index is 1230. The summed E-state index contributed by atoms with van der Waals surface area (Å²) in [4.78, 5) is 14.8. The number of sulfonamides is 1. The van der Waals surface area contributed by atoms with Gasteiger partial charge in [-0.2, -0.15) is 0 Å². The number of benzene rings is 3. The summed E-state index contributed by atoms with van der Waals surface area (Å²) in [6, 6.07) is 23.1. The maximum Gasteiger partial charge on any atom is 0.241 e. The summed E-state index contributed by atoms with van der Waals surface area (Å²) in [5.41, 5.74) is 3.74. The molecule has 0 saturated heterocycles. The second kappa shape index (κ2) is 10.5. The van der Waals surface area contributed by atoms with Crippen LogP contribution >= 0.6 is 0 Å². The van der Waals surface area contributed by atoms with Gasteiger partial charge in [-0.1, -0.05) is 72.3 Å². The number of aryl methyl sites for hydroxylation is 1. The van der Waals surface area contributed by atoms with Crippen molar-refractivity contribution >= 4 is 15.9 Å². The van der Waals surface area contributed by atoms with Crippen LogP contribution in [-0.2, 0) is 32.7 Å². The highest BCUT2D eigenvalue weighted by Gasteiger charge is 2.38. The topological polar surface area (TPSA) is 95.9 Å². The van der Waals surface area contributed by atoms with E-state index in [0.717, 1.165) is 22.3 Å². The first kappa shape index (κ1) is 24.1. The SMILES string of the molecule is Cc1ccc(S(=O)(=O)NCC(=O)N2Cc3ccccc3[C@@H](OCc3ccccc3)[C@@H]2CO)cc1. The van der Waals surface area contributed by atoms with Gasteiger partial charge in [0.25, 0.3) is 0 Å². The molecule has 1 amide bonds. The van der Waals surface area contributed by atoms with Crippen molar-refractivity contribution in [1.82, 2.24) is 9.62 Å². The van der Waals surface area contributed by atoms with Crippen molar-refractivity contribution in [3.05, 3.63) is 101 Å². The van der Waals surface area contributed by atoms with E-state index in [1.54, 1.807) is 12.1 Å². The number of carbonyl (C=O) groups excluding carboxylic acids is 1. The summed E-state index contributed by atoms with van der Waals surface area (Å²) in [5.74, 6) is -0.433. The molecule has 0 saturated carbocycles. The summed E-state index contributed by atoms with van der Waals surface area (Å²) >= 11 is 0. The molecule has 0 unspecified atom stereocenters. The molecule has 0 bridgehead atoms. The van der Waals surface area contributed by atoms with Crippen molar-refractivity contribution < 1.29 is 23.1 Å². The molecular formula is C26H28N2O5S. The van der Waals surface area contributed by atoms with Gasteiger partial charge in [0.05, 0.1) is 30.7 Å². The number of aliphatic hydroxyl groups excluding tert-OH is 1. The normalized spacial score (nSPS) is 17.9. The largest absolute Gasteiger partial charge is 0.394 e. The highest BCUT2D eigenvalue weighted by atomic mass is 32.2. The number of nitrogens with one attached hydrogen (secondary N) is 1. The zero-order valence-electron chi connectivity index (χ0n) is 18.9. The molecule has 3 aromatic carbocycles. The van der Waals surface area contributed by atoms with Crippen LogP contribution in [0.4, 0.5) is 0 Å². The average molecular weight is 481 g/mol. The standard InChI is InChI=1S/C26H28N2O5S/c1-19-11-13-22(14-12-19)34(31,32)27-15-25(30)28-16-21-9-5-6-10-23(21)26(24(28)17-29)33-18-20-7-3-2-4-8-20/h2-14,24,26-27,29H,15-18H2,1H3/t24-,26+/m0/s1. The maximum atomic E-state index is 13.2. The molecule has 0 fully saturated rings. The monoisotopic (exact) mass is 480 g/mol. The van der Waals surface area contributed by atoms with Gasteiger partial charge in [0, 0.05) is 6.54 Å². The number of ether oxygens (including phenoxy) is 1. The Morgan fingerprint density at radius 2 is 1.71 bits per heavy atom. The molecule has 0 radical (unpaired) electrons. The third-order valence-corrected chi connectivity index (χ3v) is 7.39. The van der Waals surface area contributed by atoms with Crippen molar-refractivity contribution in [2.24, 2.45) is 0 Å². The summed E-state index contributed by atoms with van der Waals surface area (Å²) in [5, 5.41) is 10.2. The lowest BCUT2D eigenvalue weighted by Gasteiger charge is -2.41. The number of aliphatic hydroxyl groups is 1. The van der Waals surface area contributed by atoms with E-state index in [2.05, 4.69) is 4.72 Å². The lowest BCUT2D eigenvalue weighted by Crippen LogP contribution is -2.52. The van der Waals surface area contributed by atoms with Gasteiger partial charge in [-0.15, -0.1) is 0 Å². The van der Waals surface area contributed by atoms with E-state index >= 15 is 0 Å². The van der Waals surface area contributed by atoms with Crippen LogP contribution in [0.2, 0.25) is 0 Å². The Morgan fingerprint density at radius 3 is 2.41 bits per heavy atom. The van der Waals surface area contributed by atoms with Crippen molar-refractivity contribution in [3.63, 3.8) is 0 Å². The lowest BCUT2D eigenvalue weighted by molar-refractivity contribution is -0.141. The molecule has 4 rings (SSSR count). The van der Waals surface area contributed by atoms with Gasteiger partial charge in [0.15, 0.2) is 0 Å². The molecule has 0 spiro atoms. The van der Waals surface area contributed by atoms with Crippen LogP contribution in [0.5, 0.6) is 0 Å². The van der Waals surface area contributed by atoms with Gasteiger partial charge in [-0.3, -0.25) is 4.79 Å². The fourth-order valence-corrected chi connectivity index (χ4v) is 5.09. The Labute approximate surface area is 200 Å². The van der Waals surface area contributed by atoms with Crippen molar-refractivity contribution in [2.75, 3.05) is 13.2 Å². The zero-order valence-corrected chi connectivity index (χ0v) is 19.7. The molecule has 1 aliphatic rings. The highest BCUT2D eigenvalue weighted by Crippen LogP contribution is 2.35. The van der Waals surface area contributed by atoms with Crippen LogP contribution in [0, 0.1) is 6.92 Å². The van der Waals surface area contributed by atoms with E-state index in [1.165, 1.54) is 17.0 Å². The quantitative estimate of drug-likeness (QED) is 0.517. The predicted molar refractivity (Wildman–Crippen MR) is 128 cm³/mol.